The van der Waals surface area contributed by atoms with E-state index in [2.05, 4.69) is 330 Å². The summed E-state index contributed by atoms with van der Waals surface area (Å²) in [5.41, 5.74) is 27.0. The fourth-order valence-electron chi connectivity index (χ4n) is 15.9. The summed E-state index contributed by atoms with van der Waals surface area (Å²) in [7, 11) is 0. The molecule has 0 fully saturated rings. The van der Waals surface area contributed by atoms with Crippen LogP contribution in [-0.4, -0.2) is 0 Å². The average molecular weight is 1110 g/mol. The maximum atomic E-state index is 2.55. The lowest BCUT2D eigenvalue weighted by atomic mass is 9.79. The lowest BCUT2D eigenvalue weighted by molar-refractivity contribution is 0.660. The van der Waals surface area contributed by atoms with Gasteiger partial charge in [0, 0.05) is 50.4 Å². The predicted octanol–water partition coefficient (Wildman–Crippen LogP) is 23.5. The summed E-state index contributed by atoms with van der Waals surface area (Å²) in [6, 6.07) is 105. The molecule has 3 aliphatic rings. The Kier molecular flexibility index (Phi) is 11.1. The maximum absolute atomic E-state index is 2.55. The van der Waals surface area contributed by atoms with Gasteiger partial charge in [-0.05, 0) is 217 Å². The second kappa shape index (κ2) is 18.9. The van der Waals surface area contributed by atoms with Crippen LogP contribution in [0.2, 0.25) is 0 Å². The Hall–Kier alpha value is -10.3. The molecule has 0 N–H and O–H groups in total. The molecule has 87 heavy (non-hydrogen) atoms. The zero-order chi connectivity index (χ0) is 58.5. The third-order valence-corrected chi connectivity index (χ3v) is 20.2. The molecule has 0 amide bonds. The Morgan fingerprint density at radius 1 is 0.207 bits per heavy atom. The van der Waals surface area contributed by atoms with Gasteiger partial charge in [-0.2, -0.15) is 0 Å². The number of hydrogen-bond acceptors (Lipinski definition) is 2. The van der Waals surface area contributed by atoms with E-state index in [-0.39, 0.29) is 16.2 Å². The fraction of sp³-hybridized carbons (Fsp3) is 0.106. The van der Waals surface area contributed by atoms with E-state index in [9.17, 15) is 0 Å². The number of fused-ring (bicyclic) bond motifs is 15. The molecule has 0 heterocycles. The first-order valence-corrected chi connectivity index (χ1v) is 30.8. The molecule has 0 aromatic heterocycles. The van der Waals surface area contributed by atoms with Crippen LogP contribution < -0.4 is 9.80 Å². The van der Waals surface area contributed by atoms with Crippen LogP contribution in [0.3, 0.4) is 0 Å². The van der Waals surface area contributed by atoms with Crippen LogP contribution in [0.4, 0.5) is 34.1 Å². The number of para-hydroxylation sites is 3. The molecule has 2 nitrogen and oxygen atoms in total. The maximum Gasteiger partial charge on any atom is 0.0468 e. The normalized spacial score (nSPS) is 14.4. The molecule has 0 saturated carbocycles. The smallest absolute Gasteiger partial charge is 0.0468 e. The van der Waals surface area contributed by atoms with Crippen LogP contribution in [0, 0.1) is 0 Å². The first kappa shape index (κ1) is 51.2. The Labute approximate surface area is 509 Å². The Bertz CT molecular complexity index is 5140. The van der Waals surface area contributed by atoms with Crippen LogP contribution in [0.15, 0.2) is 279 Å². The summed E-state index contributed by atoms with van der Waals surface area (Å²) in [4.78, 5) is 4.90. The molecule has 17 rings (SSSR count). The summed E-state index contributed by atoms with van der Waals surface area (Å²) >= 11 is 0. The van der Waals surface area contributed by atoms with Crippen molar-refractivity contribution in [2.24, 2.45) is 0 Å². The Morgan fingerprint density at radius 3 is 1.07 bits per heavy atom. The molecule has 0 radical (unpaired) electrons. The SMILES string of the molecule is CC1(C)c2ccccc2-c2ccc(N(c3ccccc3)c3ccc4c(-c5ccc6c(c5)C(C)(C)c5ccc7ccccc7c5-6)c5cc(N(c6ccccc6)c6ccccc6)ccc5c(-c5ccc6c(c5)C(C)(C)c5ccc7ccccc7c5-6)c4c3)cc21. The van der Waals surface area contributed by atoms with E-state index in [0.29, 0.717) is 0 Å². The molecule has 0 aliphatic heterocycles. The van der Waals surface area contributed by atoms with Gasteiger partial charge in [-0.3, -0.25) is 0 Å². The first-order chi connectivity index (χ1) is 42.4. The monoisotopic (exact) mass is 1110 g/mol. The highest BCUT2D eigenvalue weighted by Gasteiger charge is 2.40. The number of nitrogens with zero attached hydrogens (tertiary/aromatic N) is 2. The Balaban J connectivity index is 0.973. The second-order valence-electron chi connectivity index (χ2n) is 26.0. The van der Waals surface area contributed by atoms with Gasteiger partial charge in [0.05, 0.1) is 0 Å². The van der Waals surface area contributed by atoms with E-state index in [1.54, 1.807) is 0 Å². The van der Waals surface area contributed by atoms with Gasteiger partial charge in [0.1, 0.15) is 0 Å². The Morgan fingerprint density at radius 2 is 0.575 bits per heavy atom. The second-order valence-corrected chi connectivity index (χ2v) is 26.0. The minimum absolute atomic E-state index is 0.170. The molecule has 0 atom stereocenters. The third-order valence-electron chi connectivity index (χ3n) is 20.2. The summed E-state index contributed by atoms with van der Waals surface area (Å²) in [5, 5.41) is 9.97. The van der Waals surface area contributed by atoms with Gasteiger partial charge in [-0.1, -0.05) is 236 Å². The van der Waals surface area contributed by atoms with E-state index in [0.717, 1.165) is 34.1 Å². The standard InChI is InChI=1S/C85H64N2/c1-83(2)73-33-21-20-32-65(73)66-43-38-62(52-78(66)83)87(59-28-14-9-15-29-59)61-40-45-68-72(51-61)80(56-35-42-70-77(49-56)85(5,6)75-47-37-54-23-17-19-31-64(54)82(70)75)67-44-39-60(86(57-24-10-7-11-25-57)58-26-12-8-13-27-58)50-71(67)79(68)55-34-41-69-76(48-55)84(3,4)74-46-36-53-22-16-18-30-63(53)81(69)74/h7-52H,1-6H3. The summed E-state index contributed by atoms with van der Waals surface area (Å²) in [6.07, 6.45) is 0. The number of benzene rings is 14. The topological polar surface area (TPSA) is 6.48 Å². The zero-order valence-corrected chi connectivity index (χ0v) is 50.0. The van der Waals surface area contributed by atoms with Gasteiger partial charge in [-0.25, -0.2) is 0 Å². The summed E-state index contributed by atoms with van der Waals surface area (Å²) in [5.74, 6) is 0. The van der Waals surface area contributed by atoms with Crippen molar-refractivity contribution in [2.45, 2.75) is 57.8 Å². The largest absolute Gasteiger partial charge is 0.310 e. The van der Waals surface area contributed by atoms with Crippen molar-refractivity contribution in [3.8, 4) is 55.6 Å². The van der Waals surface area contributed by atoms with Gasteiger partial charge in [0.15, 0.2) is 0 Å². The lowest BCUT2D eigenvalue weighted by Gasteiger charge is -2.29. The number of hydrogen-bond donors (Lipinski definition) is 0. The number of rotatable bonds is 8. The highest BCUT2D eigenvalue weighted by atomic mass is 15.1. The van der Waals surface area contributed by atoms with Gasteiger partial charge >= 0.3 is 0 Å². The van der Waals surface area contributed by atoms with Crippen molar-refractivity contribution in [3.05, 3.63) is 312 Å². The molecule has 0 unspecified atom stereocenters. The van der Waals surface area contributed by atoms with Crippen LogP contribution in [0.25, 0.3) is 98.7 Å². The third kappa shape index (κ3) is 7.53. The summed E-state index contributed by atoms with van der Waals surface area (Å²) in [6.45, 7) is 14.5. The minimum atomic E-state index is -0.244. The molecule has 0 bridgehead atoms. The van der Waals surface area contributed by atoms with Crippen molar-refractivity contribution in [1.82, 2.24) is 0 Å². The fourth-order valence-corrected chi connectivity index (χ4v) is 15.9. The lowest BCUT2D eigenvalue weighted by Crippen LogP contribution is -2.16. The molecule has 414 valence electrons. The van der Waals surface area contributed by atoms with Crippen LogP contribution in [0.1, 0.15) is 74.9 Å². The van der Waals surface area contributed by atoms with Gasteiger partial charge in [0.25, 0.3) is 0 Å². The first-order valence-electron chi connectivity index (χ1n) is 30.8. The summed E-state index contributed by atoms with van der Waals surface area (Å²) < 4.78 is 0. The molecule has 0 spiro atoms. The van der Waals surface area contributed by atoms with Gasteiger partial charge in [0.2, 0.25) is 0 Å². The van der Waals surface area contributed by atoms with Crippen LogP contribution in [-0.2, 0) is 16.2 Å². The van der Waals surface area contributed by atoms with E-state index in [1.165, 1.54) is 132 Å². The molecule has 2 heteroatoms. The number of anilines is 6. The molecule has 0 saturated heterocycles. The van der Waals surface area contributed by atoms with Crippen molar-refractivity contribution in [2.75, 3.05) is 9.80 Å². The average Bonchev–Trinajstić information content (AvgIpc) is 1.74. The molecule has 14 aromatic carbocycles. The van der Waals surface area contributed by atoms with Gasteiger partial charge < -0.3 is 9.80 Å². The minimum Gasteiger partial charge on any atom is -0.310 e. The highest BCUT2D eigenvalue weighted by Crippen LogP contribution is 2.57. The van der Waals surface area contributed by atoms with Crippen LogP contribution in [0.5, 0.6) is 0 Å². The van der Waals surface area contributed by atoms with Crippen LogP contribution >= 0.6 is 0 Å². The van der Waals surface area contributed by atoms with E-state index >= 15 is 0 Å². The quantitative estimate of drug-likeness (QED) is 0.140. The molecule has 14 aromatic rings. The highest BCUT2D eigenvalue weighted by molar-refractivity contribution is 6.23. The van der Waals surface area contributed by atoms with Crippen molar-refractivity contribution in [1.29, 1.82) is 0 Å². The molecular formula is C85H64N2. The molecule has 3 aliphatic carbocycles. The van der Waals surface area contributed by atoms with E-state index < -0.39 is 0 Å². The van der Waals surface area contributed by atoms with Crippen molar-refractivity contribution < 1.29 is 0 Å². The van der Waals surface area contributed by atoms with Crippen molar-refractivity contribution >= 4 is 77.2 Å². The molecular weight excluding hydrogens is 1050 g/mol. The van der Waals surface area contributed by atoms with Crippen molar-refractivity contribution in [3.63, 3.8) is 0 Å². The van der Waals surface area contributed by atoms with E-state index in [4.69, 9.17) is 0 Å². The van der Waals surface area contributed by atoms with Gasteiger partial charge in [-0.15, -0.1) is 0 Å². The van der Waals surface area contributed by atoms with E-state index in [1.807, 2.05) is 0 Å². The zero-order valence-electron chi connectivity index (χ0n) is 50.0. The predicted molar refractivity (Wildman–Crippen MR) is 369 cm³/mol.